The SMILES string of the molecule is CCCCCC(=O)OC1(COc2c(-c3cccc4c3COC4=O)ccc(OC)c2OC)CC1. The Morgan fingerprint density at radius 1 is 1.00 bits per heavy atom. The van der Waals surface area contributed by atoms with Gasteiger partial charge in [0, 0.05) is 17.5 Å². The molecule has 0 saturated heterocycles. The number of rotatable bonds is 11. The average molecular weight is 455 g/mol. The van der Waals surface area contributed by atoms with E-state index in [9.17, 15) is 9.59 Å². The Labute approximate surface area is 193 Å². The molecule has 0 aromatic heterocycles. The standard InChI is InChI=1S/C26H30O7/c1-4-5-6-10-22(27)33-26(13-14-26)16-32-23-18(11-12-21(29-2)24(23)30-3)17-8-7-9-19-20(17)15-31-25(19)28/h7-9,11-12H,4-6,10,13-16H2,1-3H3. The largest absolute Gasteiger partial charge is 0.493 e. The van der Waals surface area contributed by atoms with Gasteiger partial charge in [0.2, 0.25) is 5.75 Å². The van der Waals surface area contributed by atoms with Crippen molar-refractivity contribution in [2.75, 3.05) is 20.8 Å². The maximum Gasteiger partial charge on any atom is 0.338 e. The molecular formula is C26H30O7. The van der Waals surface area contributed by atoms with E-state index in [1.807, 2.05) is 18.2 Å². The fraction of sp³-hybridized carbons (Fsp3) is 0.462. The number of cyclic esters (lactones) is 1. The molecule has 0 N–H and O–H groups in total. The highest BCUT2D eigenvalue weighted by molar-refractivity contribution is 5.96. The van der Waals surface area contributed by atoms with Crippen molar-refractivity contribution in [3.8, 4) is 28.4 Å². The summed E-state index contributed by atoms with van der Waals surface area (Å²) in [6, 6.07) is 9.19. The first-order valence-corrected chi connectivity index (χ1v) is 11.4. The van der Waals surface area contributed by atoms with E-state index in [1.165, 1.54) is 0 Å². The second-order valence-corrected chi connectivity index (χ2v) is 8.49. The van der Waals surface area contributed by atoms with Gasteiger partial charge in [-0.15, -0.1) is 0 Å². The van der Waals surface area contributed by atoms with Gasteiger partial charge < -0.3 is 23.7 Å². The van der Waals surface area contributed by atoms with Crippen LogP contribution in [0.2, 0.25) is 0 Å². The molecule has 33 heavy (non-hydrogen) atoms. The van der Waals surface area contributed by atoms with Crippen molar-refractivity contribution in [1.82, 2.24) is 0 Å². The molecule has 1 fully saturated rings. The molecule has 1 aliphatic carbocycles. The van der Waals surface area contributed by atoms with Crippen molar-refractivity contribution < 1.29 is 33.3 Å². The molecule has 2 aromatic rings. The van der Waals surface area contributed by atoms with Crippen molar-refractivity contribution in [2.45, 2.75) is 57.7 Å². The van der Waals surface area contributed by atoms with Gasteiger partial charge in [-0.2, -0.15) is 0 Å². The van der Waals surface area contributed by atoms with Crippen LogP contribution in [0.25, 0.3) is 11.1 Å². The first kappa shape index (κ1) is 23.0. The number of ether oxygens (including phenoxy) is 5. The van der Waals surface area contributed by atoms with E-state index in [4.69, 9.17) is 23.7 Å². The highest BCUT2D eigenvalue weighted by atomic mass is 16.6. The molecule has 4 rings (SSSR count). The smallest absolute Gasteiger partial charge is 0.338 e. The maximum absolute atomic E-state index is 12.3. The predicted molar refractivity (Wildman–Crippen MR) is 122 cm³/mol. The first-order valence-electron chi connectivity index (χ1n) is 11.4. The minimum atomic E-state index is -0.605. The maximum atomic E-state index is 12.3. The third-order valence-corrected chi connectivity index (χ3v) is 6.14. The summed E-state index contributed by atoms with van der Waals surface area (Å²) in [5, 5.41) is 0. The van der Waals surface area contributed by atoms with Crippen molar-refractivity contribution >= 4 is 11.9 Å². The van der Waals surface area contributed by atoms with Gasteiger partial charge in [0.1, 0.15) is 18.8 Å². The average Bonchev–Trinajstić information content (AvgIpc) is 3.48. The third-order valence-electron chi connectivity index (χ3n) is 6.14. The molecular weight excluding hydrogens is 424 g/mol. The molecule has 0 unspecified atom stereocenters. The molecule has 2 aromatic carbocycles. The monoisotopic (exact) mass is 454 g/mol. The van der Waals surface area contributed by atoms with E-state index in [1.54, 1.807) is 26.4 Å². The van der Waals surface area contributed by atoms with Crippen LogP contribution in [0.5, 0.6) is 17.2 Å². The van der Waals surface area contributed by atoms with Gasteiger partial charge in [0.25, 0.3) is 0 Å². The number of carbonyl (C=O) groups is 2. The Bertz CT molecular complexity index is 1040. The number of hydrogen-bond acceptors (Lipinski definition) is 7. The Morgan fingerprint density at radius 2 is 1.79 bits per heavy atom. The summed E-state index contributed by atoms with van der Waals surface area (Å²) in [6.45, 7) is 2.52. The summed E-state index contributed by atoms with van der Waals surface area (Å²) >= 11 is 0. The van der Waals surface area contributed by atoms with Gasteiger partial charge in [-0.3, -0.25) is 4.79 Å². The van der Waals surface area contributed by atoms with E-state index in [0.29, 0.717) is 29.2 Å². The minimum Gasteiger partial charge on any atom is -0.493 e. The molecule has 0 bridgehead atoms. The number of esters is 2. The lowest BCUT2D eigenvalue weighted by Crippen LogP contribution is -2.27. The minimum absolute atomic E-state index is 0.182. The molecule has 1 aliphatic heterocycles. The fourth-order valence-corrected chi connectivity index (χ4v) is 4.09. The van der Waals surface area contributed by atoms with E-state index < -0.39 is 5.60 Å². The van der Waals surface area contributed by atoms with Gasteiger partial charge in [-0.25, -0.2) is 4.79 Å². The van der Waals surface area contributed by atoms with E-state index in [-0.39, 0.29) is 25.2 Å². The molecule has 0 atom stereocenters. The molecule has 7 heteroatoms. The van der Waals surface area contributed by atoms with Crippen molar-refractivity contribution in [3.63, 3.8) is 0 Å². The third kappa shape index (κ3) is 4.77. The summed E-state index contributed by atoms with van der Waals surface area (Å²) in [7, 11) is 3.12. The van der Waals surface area contributed by atoms with Gasteiger partial charge in [0.05, 0.1) is 19.8 Å². The quantitative estimate of drug-likeness (QED) is 0.346. The van der Waals surface area contributed by atoms with Gasteiger partial charge in [-0.05, 0) is 43.0 Å². The van der Waals surface area contributed by atoms with E-state index in [0.717, 1.165) is 48.8 Å². The van der Waals surface area contributed by atoms with Crippen LogP contribution in [0.1, 0.15) is 61.4 Å². The summed E-state index contributed by atoms with van der Waals surface area (Å²) < 4.78 is 28.4. The van der Waals surface area contributed by atoms with Crippen LogP contribution in [0, 0.1) is 0 Å². The van der Waals surface area contributed by atoms with Crippen LogP contribution in [0.15, 0.2) is 30.3 Å². The Balaban J connectivity index is 1.62. The lowest BCUT2D eigenvalue weighted by atomic mass is 9.95. The van der Waals surface area contributed by atoms with Gasteiger partial charge in [0.15, 0.2) is 11.5 Å². The Morgan fingerprint density at radius 3 is 2.48 bits per heavy atom. The fourth-order valence-electron chi connectivity index (χ4n) is 4.09. The highest BCUT2D eigenvalue weighted by Gasteiger charge is 2.48. The lowest BCUT2D eigenvalue weighted by molar-refractivity contribution is -0.153. The van der Waals surface area contributed by atoms with Crippen molar-refractivity contribution in [3.05, 3.63) is 41.5 Å². The summed E-state index contributed by atoms with van der Waals surface area (Å²) in [6.07, 6.45) is 4.85. The van der Waals surface area contributed by atoms with E-state index >= 15 is 0 Å². The number of carbonyl (C=O) groups excluding carboxylic acids is 2. The first-order chi connectivity index (χ1) is 16.0. The normalized spacial score (nSPS) is 15.4. The van der Waals surface area contributed by atoms with Crippen LogP contribution in [0.3, 0.4) is 0 Å². The predicted octanol–water partition coefficient (Wildman–Crippen LogP) is 5.08. The molecule has 0 amide bonds. The highest BCUT2D eigenvalue weighted by Crippen LogP contribution is 2.48. The van der Waals surface area contributed by atoms with Crippen LogP contribution in [0.4, 0.5) is 0 Å². The molecule has 1 saturated carbocycles. The summed E-state index contributed by atoms with van der Waals surface area (Å²) in [4.78, 5) is 24.4. The number of benzene rings is 2. The van der Waals surface area contributed by atoms with Crippen molar-refractivity contribution in [2.24, 2.45) is 0 Å². The molecule has 7 nitrogen and oxygen atoms in total. The van der Waals surface area contributed by atoms with Crippen molar-refractivity contribution in [1.29, 1.82) is 0 Å². The lowest BCUT2D eigenvalue weighted by Gasteiger charge is -2.22. The number of methoxy groups -OCH3 is 2. The summed E-state index contributed by atoms with van der Waals surface area (Å²) in [5.74, 6) is 0.944. The van der Waals surface area contributed by atoms with Gasteiger partial charge in [-0.1, -0.05) is 31.9 Å². The second-order valence-electron chi connectivity index (χ2n) is 8.49. The Hall–Kier alpha value is -3.22. The molecule has 0 spiro atoms. The Kier molecular flexibility index (Phi) is 6.77. The number of fused-ring (bicyclic) bond motifs is 1. The van der Waals surface area contributed by atoms with Crippen LogP contribution in [-0.2, 0) is 20.9 Å². The molecule has 2 aliphatic rings. The number of unbranched alkanes of at least 4 members (excludes halogenated alkanes) is 2. The number of hydrogen-bond donors (Lipinski definition) is 0. The topological polar surface area (TPSA) is 80.3 Å². The van der Waals surface area contributed by atoms with Gasteiger partial charge >= 0.3 is 11.9 Å². The van der Waals surface area contributed by atoms with Crippen LogP contribution < -0.4 is 14.2 Å². The summed E-state index contributed by atoms with van der Waals surface area (Å²) in [5.41, 5.74) is 2.34. The van der Waals surface area contributed by atoms with E-state index in [2.05, 4.69) is 6.92 Å². The zero-order valence-electron chi connectivity index (χ0n) is 19.4. The molecule has 1 heterocycles. The van der Waals surface area contributed by atoms with Crippen LogP contribution in [-0.4, -0.2) is 38.4 Å². The second kappa shape index (κ2) is 9.73. The van der Waals surface area contributed by atoms with Crippen LogP contribution >= 0.6 is 0 Å². The zero-order valence-corrected chi connectivity index (χ0v) is 19.4. The molecule has 0 radical (unpaired) electrons. The zero-order chi connectivity index (χ0) is 23.4. The molecule has 176 valence electrons.